The highest BCUT2D eigenvalue weighted by Crippen LogP contribution is 2.15. The molecule has 0 aromatic carbocycles. The molecule has 0 bridgehead atoms. The highest BCUT2D eigenvalue weighted by Gasteiger charge is 2.23. The van der Waals surface area contributed by atoms with Gasteiger partial charge in [0.15, 0.2) is 5.96 Å². The van der Waals surface area contributed by atoms with E-state index in [1.165, 1.54) is 0 Å². The van der Waals surface area contributed by atoms with Crippen LogP contribution in [-0.2, 0) is 4.79 Å². The second-order valence-corrected chi connectivity index (χ2v) is 5.33. The molecule has 6 nitrogen and oxygen atoms in total. The van der Waals surface area contributed by atoms with Gasteiger partial charge < -0.3 is 21.3 Å². The summed E-state index contributed by atoms with van der Waals surface area (Å²) >= 11 is 0. The largest absolute Gasteiger partial charge is 0.369 e. The lowest BCUT2D eigenvalue weighted by Crippen LogP contribution is -2.41. The van der Waals surface area contributed by atoms with Crippen LogP contribution in [0.2, 0.25) is 0 Å². The molecule has 0 saturated carbocycles. The van der Waals surface area contributed by atoms with E-state index in [4.69, 9.17) is 5.73 Å². The van der Waals surface area contributed by atoms with Crippen molar-refractivity contribution in [2.75, 3.05) is 39.3 Å². The summed E-state index contributed by atoms with van der Waals surface area (Å²) in [5, 5.41) is 6.37. The molecule has 0 radical (unpaired) electrons. The Bertz CT molecular complexity index is 356. The van der Waals surface area contributed by atoms with E-state index in [2.05, 4.69) is 27.1 Å². The van der Waals surface area contributed by atoms with Crippen molar-refractivity contribution in [2.45, 2.75) is 26.2 Å². The molecule has 0 aromatic rings. The zero-order valence-corrected chi connectivity index (χ0v) is 13.1. The van der Waals surface area contributed by atoms with Gasteiger partial charge in [0.1, 0.15) is 0 Å². The number of hydrogen-bond acceptors (Lipinski definition) is 3. The predicted octanol–water partition coefficient (Wildman–Crippen LogP) is 0.315. The maximum atomic E-state index is 11.2. The fourth-order valence-corrected chi connectivity index (χ4v) is 2.49. The third-order valence-electron chi connectivity index (χ3n) is 3.57. The van der Waals surface area contributed by atoms with Crippen molar-refractivity contribution in [2.24, 2.45) is 16.6 Å². The summed E-state index contributed by atoms with van der Waals surface area (Å²) in [6.45, 7) is 10.9. The van der Waals surface area contributed by atoms with Crippen LogP contribution in [-0.4, -0.2) is 56.0 Å². The SMILES string of the molecule is C=CCNC(=NCCCN1CCCC(C(N)=O)C1)NCC. The second-order valence-electron chi connectivity index (χ2n) is 5.33. The van der Waals surface area contributed by atoms with E-state index < -0.39 is 0 Å². The Morgan fingerprint density at radius 1 is 1.52 bits per heavy atom. The highest BCUT2D eigenvalue weighted by atomic mass is 16.1. The Labute approximate surface area is 127 Å². The van der Waals surface area contributed by atoms with Crippen LogP contribution in [0.5, 0.6) is 0 Å². The Kier molecular flexibility index (Phi) is 8.50. The molecule has 1 saturated heterocycles. The number of nitrogens with one attached hydrogen (secondary N) is 2. The number of nitrogens with zero attached hydrogens (tertiary/aromatic N) is 2. The number of nitrogens with two attached hydrogens (primary N) is 1. The standard InChI is InChI=1S/C15H29N5O/c1-3-8-18-15(17-4-2)19-9-6-11-20-10-5-7-13(12-20)14(16)21/h3,13H,1,4-12H2,2H3,(H2,16,21)(H2,17,18,19). The first kappa shape index (κ1) is 17.5. The van der Waals surface area contributed by atoms with Crippen molar-refractivity contribution < 1.29 is 4.79 Å². The lowest BCUT2D eigenvalue weighted by molar-refractivity contribution is -0.123. The Hall–Kier alpha value is -1.56. The van der Waals surface area contributed by atoms with E-state index in [-0.39, 0.29) is 11.8 Å². The van der Waals surface area contributed by atoms with Crippen molar-refractivity contribution in [3.63, 3.8) is 0 Å². The molecule has 0 aromatic heterocycles. The molecule has 1 unspecified atom stereocenters. The number of likely N-dealkylation sites (tertiary alicyclic amines) is 1. The molecule has 0 spiro atoms. The molecule has 1 amide bonds. The number of hydrogen-bond donors (Lipinski definition) is 3. The summed E-state index contributed by atoms with van der Waals surface area (Å²) in [7, 11) is 0. The van der Waals surface area contributed by atoms with Gasteiger partial charge in [-0.25, -0.2) is 0 Å². The third kappa shape index (κ3) is 7.13. The minimum absolute atomic E-state index is 0.0221. The van der Waals surface area contributed by atoms with E-state index in [1.54, 1.807) is 0 Å². The lowest BCUT2D eigenvalue weighted by atomic mass is 9.97. The van der Waals surface area contributed by atoms with Crippen LogP contribution in [0.1, 0.15) is 26.2 Å². The van der Waals surface area contributed by atoms with Gasteiger partial charge >= 0.3 is 0 Å². The summed E-state index contributed by atoms with van der Waals surface area (Å²) in [4.78, 5) is 18.1. The fraction of sp³-hybridized carbons (Fsp3) is 0.733. The summed E-state index contributed by atoms with van der Waals surface area (Å²) < 4.78 is 0. The molecule has 1 rings (SSSR count). The van der Waals surface area contributed by atoms with Crippen LogP contribution in [0.25, 0.3) is 0 Å². The van der Waals surface area contributed by atoms with Gasteiger partial charge in [0.25, 0.3) is 0 Å². The van der Waals surface area contributed by atoms with Gasteiger partial charge in [0.05, 0.1) is 5.92 Å². The molecule has 6 heteroatoms. The summed E-state index contributed by atoms with van der Waals surface area (Å²) in [5.41, 5.74) is 5.39. The summed E-state index contributed by atoms with van der Waals surface area (Å²) in [5.74, 6) is 0.681. The van der Waals surface area contributed by atoms with Gasteiger partial charge in [-0.1, -0.05) is 6.08 Å². The molecular weight excluding hydrogens is 266 g/mol. The average molecular weight is 295 g/mol. The van der Waals surface area contributed by atoms with Crippen molar-refractivity contribution in [1.29, 1.82) is 0 Å². The van der Waals surface area contributed by atoms with E-state index >= 15 is 0 Å². The molecule has 1 fully saturated rings. The molecule has 1 aliphatic rings. The number of guanidine groups is 1. The number of primary amides is 1. The van der Waals surface area contributed by atoms with E-state index in [1.807, 2.05) is 13.0 Å². The van der Waals surface area contributed by atoms with Gasteiger partial charge in [-0.05, 0) is 39.3 Å². The quantitative estimate of drug-likeness (QED) is 0.261. The van der Waals surface area contributed by atoms with Gasteiger partial charge in [-0.3, -0.25) is 9.79 Å². The maximum absolute atomic E-state index is 11.2. The molecule has 21 heavy (non-hydrogen) atoms. The van der Waals surface area contributed by atoms with Crippen molar-refractivity contribution in [3.05, 3.63) is 12.7 Å². The smallest absolute Gasteiger partial charge is 0.221 e. The zero-order chi connectivity index (χ0) is 15.5. The van der Waals surface area contributed by atoms with E-state index in [9.17, 15) is 4.79 Å². The van der Waals surface area contributed by atoms with Crippen LogP contribution in [0.15, 0.2) is 17.6 Å². The Balaban J connectivity index is 2.27. The number of carbonyl (C=O) groups excluding carboxylic acids is 1. The molecule has 1 aliphatic heterocycles. The molecule has 120 valence electrons. The third-order valence-corrected chi connectivity index (χ3v) is 3.57. The minimum atomic E-state index is -0.166. The highest BCUT2D eigenvalue weighted by molar-refractivity contribution is 5.79. The van der Waals surface area contributed by atoms with Gasteiger partial charge in [-0.2, -0.15) is 0 Å². The average Bonchev–Trinajstić information content (AvgIpc) is 2.49. The monoisotopic (exact) mass is 295 g/mol. The number of amides is 1. The predicted molar refractivity (Wildman–Crippen MR) is 87.2 cm³/mol. The Morgan fingerprint density at radius 2 is 2.33 bits per heavy atom. The van der Waals surface area contributed by atoms with Crippen LogP contribution in [0.4, 0.5) is 0 Å². The van der Waals surface area contributed by atoms with Gasteiger partial charge in [0, 0.05) is 26.2 Å². The zero-order valence-electron chi connectivity index (χ0n) is 13.1. The number of piperidine rings is 1. The van der Waals surface area contributed by atoms with Crippen molar-refractivity contribution in [1.82, 2.24) is 15.5 Å². The summed E-state index contributed by atoms with van der Waals surface area (Å²) in [6.07, 6.45) is 4.78. The first-order valence-corrected chi connectivity index (χ1v) is 7.82. The molecule has 4 N–H and O–H groups in total. The maximum Gasteiger partial charge on any atom is 0.221 e. The van der Waals surface area contributed by atoms with Crippen molar-refractivity contribution >= 4 is 11.9 Å². The molecule has 1 atom stereocenters. The van der Waals surface area contributed by atoms with Crippen LogP contribution >= 0.6 is 0 Å². The topological polar surface area (TPSA) is 82.8 Å². The first-order valence-electron chi connectivity index (χ1n) is 7.82. The number of aliphatic imine (C=N–C) groups is 1. The molecular formula is C15H29N5O. The van der Waals surface area contributed by atoms with Crippen LogP contribution < -0.4 is 16.4 Å². The Morgan fingerprint density at radius 3 is 3.00 bits per heavy atom. The molecule has 1 heterocycles. The second kappa shape index (κ2) is 10.2. The van der Waals surface area contributed by atoms with Crippen molar-refractivity contribution in [3.8, 4) is 0 Å². The summed E-state index contributed by atoms with van der Waals surface area (Å²) in [6, 6.07) is 0. The lowest BCUT2D eigenvalue weighted by Gasteiger charge is -2.30. The normalized spacial score (nSPS) is 20.0. The van der Waals surface area contributed by atoms with Gasteiger partial charge in [-0.15, -0.1) is 6.58 Å². The van der Waals surface area contributed by atoms with Gasteiger partial charge in [0.2, 0.25) is 5.91 Å². The number of rotatable bonds is 8. The van der Waals surface area contributed by atoms with E-state index in [0.717, 1.165) is 57.9 Å². The van der Waals surface area contributed by atoms with E-state index in [0.29, 0.717) is 6.54 Å². The first-order chi connectivity index (χ1) is 10.2. The van der Waals surface area contributed by atoms with Crippen LogP contribution in [0, 0.1) is 5.92 Å². The molecule has 0 aliphatic carbocycles. The minimum Gasteiger partial charge on any atom is -0.369 e. The van der Waals surface area contributed by atoms with Crippen LogP contribution in [0.3, 0.4) is 0 Å². The fourth-order valence-electron chi connectivity index (χ4n) is 2.49. The number of carbonyl (C=O) groups is 1.